The lowest BCUT2D eigenvalue weighted by atomic mass is 9.98. The first-order valence-electron chi connectivity index (χ1n) is 26.2. The molecular formula is C53H92O15. The van der Waals surface area contributed by atoms with Crippen LogP contribution in [0.4, 0.5) is 0 Å². The Morgan fingerprint density at radius 1 is 0.471 bits per heavy atom. The third kappa shape index (κ3) is 27.7. The highest BCUT2D eigenvalue weighted by Gasteiger charge is 2.47. The van der Waals surface area contributed by atoms with Crippen LogP contribution in [-0.4, -0.2) is 142 Å². The molecule has 11 atom stereocenters. The molecule has 0 aromatic heterocycles. The Balaban J connectivity index is 1.83. The zero-order valence-corrected chi connectivity index (χ0v) is 41.6. The summed E-state index contributed by atoms with van der Waals surface area (Å²) >= 11 is 0. The standard InChI is InChI=1S/C53H92O15/c1-3-5-7-9-11-13-15-17-19-20-22-24-26-28-30-32-34-36-45(56)66-41(38-63-44(55)35-33-31-29-27-25-23-21-18-16-14-12-10-8-6-4-2)39-64-52-51(62)49(60)47(58)43(68-52)40-65-53-50(61)48(59)46(57)42(37-54)67-53/h10,12,17,19,22,24,28,30,41-43,46-54,57-62H,3-9,11,13-16,18,20-21,23,25-27,29,31-40H2,1-2H3/b12-10+,19-17+,24-22+,30-28+/t41-,42+,43+,46-,47-,48?,49?,50?,51?,52+,53+/m1/s1. The highest BCUT2D eigenvalue weighted by atomic mass is 16.7. The maximum atomic E-state index is 13.0. The molecule has 0 amide bonds. The van der Waals surface area contributed by atoms with E-state index >= 15 is 0 Å². The number of unbranched alkanes of at least 4 members (excludes halogenated alkanes) is 18. The minimum Gasteiger partial charge on any atom is -0.462 e. The van der Waals surface area contributed by atoms with Crippen LogP contribution >= 0.6 is 0 Å². The van der Waals surface area contributed by atoms with E-state index in [2.05, 4.69) is 56.4 Å². The number of allylic oxidation sites excluding steroid dienone is 8. The monoisotopic (exact) mass is 969 g/mol. The molecule has 68 heavy (non-hydrogen) atoms. The van der Waals surface area contributed by atoms with Crippen LogP contribution in [0.5, 0.6) is 0 Å². The first-order valence-corrected chi connectivity index (χ1v) is 26.2. The maximum Gasteiger partial charge on any atom is 0.306 e. The van der Waals surface area contributed by atoms with Gasteiger partial charge in [0.15, 0.2) is 18.7 Å². The van der Waals surface area contributed by atoms with Gasteiger partial charge in [-0.3, -0.25) is 9.59 Å². The molecule has 0 spiro atoms. The summed E-state index contributed by atoms with van der Waals surface area (Å²) < 4.78 is 33.5. The van der Waals surface area contributed by atoms with Crippen molar-refractivity contribution in [3.8, 4) is 0 Å². The highest BCUT2D eigenvalue weighted by molar-refractivity contribution is 5.70. The minimum absolute atomic E-state index is 0.0926. The Morgan fingerprint density at radius 2 is 0.912 bits per heavy atom. The van der Waals surface area contributed by atoms with Crippen LogP contribution in [-0.2, 0) is 38.0 Å². The predicted molar refractivity (Wildman–Crippen MR) is 261 cm³/mol. The van der Waals surface area contributed by atoms with Gasteiger partial charge in [-0.05, 0) is 64.2 Å². The Kier molecular flexibility index (Phi) is 36.3. The number of carbonyl (C=O) groups excluding carboxylic acids is 2. The van der Waals surface area contributed by atoms with Gasteiger partial charge >= 0.3 is 11.9 Å². The molecule has 2 aliphatic heterocycles. The van der Waals surface area contributed by atoms with Crippen LogP contribution in [0.1, 0.15) is 181 Å². The van der Waals surface area contributed by atoms with Crippen molar-refractivity contribution in [2.45, 2.75) is 248 Å². The molecule has 0 saturated carbocycles. The second-order valence-corrected chi connectivity index (χ2v) is 18.3. The largest absolute Gasteiger partial charge is 0.462 e. The Hall–Kier alpha value is -2.54. The van der Waals surface area contributed by atoms with E-state index in [0.717, 1.165) is 44.9 Å². The van der Waals surface area contributed by atoms with Crippen molar-refractivity contribution in [2.24, 2.45) is 0 Å². The fraction of sp³-hybridized carbons (Fsp3) is 0.811. The summed E-state index contributed by atoms with van der Waals surface area (Å²) in [4.78, 5) is 25.7. The normalized spacial score (nSPS) is 26.1. The molecular weight excluding hydrogens is 877 g/mol. The van der Waals surface area contributed by atoms with Crippen LogP contribution in [0.25, 0.3) is 0 Å². The lowest BCUT2D eigenvalue weighted by molar-refractivity contribution is -0.332. The van der Waals surface area contributed by atoms with Crippen LogP contribution < -0.4 is 0 Å². The molecule has 2 aliphatic rings. The van der Waals surface area contributed by atoms with Crippen LogP contribution in [0.3, 0.4) is 0 Å². The maximum absolute atomic E-state index is 13.0. The van der Waals surface area contributed by atoms with Crippen molar-refractivity contribution in [3.05, 3.63) is 48.6 Å². The van der Waals surface area contributed by atoms with Crippen LogP contribution in [0, 0.1) is 0 Å². The quantitative estimate of drug-likeness (QED) is 0.0179. The SMILES string of the molecule is CCCC/C=C/CCCCCCCCCCCC(=O)OC[C@H](CO[C@H]1O[C@@H](CO[C@H]2O[C@@H](CO)[C@@H](O)C(O)C2O)[C@@H](O)C(O)C1O)OC(=O)CCC/C=C/C/C=C/C/C=C/CCCCCCCC. The lowest BCUT2D eigenvalue weighted by Crippen LogP contribution is -2.61. The summed E-state index contributed by atoms with van der Waals surface area (Å²) in [5, 5.41) is 72.1. The summed E-state index contributed by atoms with van der Waals surface area (Å²) in [6.07, 6.45) is 27.1. The number of rotatable bonds is 40. The van der Waals surface area contributed by atoms with Gasteiger partial charge in [0.25, 0.3) is 0 Å². The van der Waals surface area contributed by atoms with Crippen LogP contribution in [0.15, 0.2) is 48.6 Å². The van der Waals surface area contributed by atoms with E-state index in [1.165, 1.54) is 89.9 Å². The summed E-state index contributed by atoms with van der Waals surface area (Å²) in [6, 6.07) is 0. The summed E-state index contributed by atoms with van der Waals surface area (Å²) in [6.45, 7) is 2.50. The molecule has 15 nitrogen and oxygen atoms in total. The van der Waals surface area contributed by atoms with Crippen molar-refractivity contribution < 1.29 is 73.8 Å². The molecule has 4 unspecified atom stereocenters. The Labute approximate surface area is 408 Å². The molecule has 0 aliphatic carbocycles. The van der Waals surface area contributed by atoms with Crippen molar-refractivity contribution >= 4 is 11.9 Å². The smallest absolute Gasteiger partial charge is 0.306 e. The molecule has 0 radical (unpaired) electrons. The summed E-state index contributed by atoms with van der Waals surface area (Å²) in [5.74, 6) is -0.989. The van der Waals surface area contributed by atoms with E-state index in [0.29, 0.717) is 19.3 Å². The van der Waals surface area contributed by atoms with Gasteiger partial charge in [-0.2, -0.15) is 0 Å². The number of aliphatic hydroxyl groups is 7. The molecule has 7 N–H and O–H groups in total. The van der Waals surface area contributed by atoms with E-state index in [-0.39, 0.29) is 19.4 Å². The third-order valence-corrected chi connectivity index (χ3v) is 12.3. The Morgan fingerprint density at radius 3 is 1.49 bits per heavy atom. The first kappa shape index (κ1) is 61.6. The van der Waals surface area contributed by atoms with Crippen molar-refractivity contribution in [2.75, 3.05) is 26.4 Å². The molecule has 2 saturated heterocycles. The fourth-order valence-electron chi connectivity index (χ4n) is 7.92. The topological polar surface area (TPSA) is 231 Å². The average molecular weight is 969 g/mol. The number of hydrogen-bond acceptors (Lipinski definition) is 15. The van der Waals surface area contributed by atoms with E-state index in [4.69, 9.17) is 28.4 Å². The van der Waals surface area contributed by atoms with Crippen molar-refractivity contribution in [1.82, 2.24) is 0 Å². The number of hydrogen-bond donors (Lipinski definition) is 7. The molecule has 0 bridgehead atoms. The molecule has 2 fully saturated rings. The number of esters is 2. The second-order valence-electron chi connectivity index (χ2n) is 18.3. The van der Waals surface area contributed by atoms with Gasteiger partial charge in [0.05, 0.1) is 19.8 Å². The molecule has 0 aromatic rings. The van der Waals surface area contributed by atoms with Gasteiger partial charge in [-0.25, -0.2) is 0 Å². The minimum atomic E-state index is -1.77. The third-order valence-electron chi connectivity index (χ3n) is 12.3. The van der Waals surface area contributed by atoms with Crippen molar-refractivity contribution in [3.63, 3.8) is 0 Å². The van der Waals surface area contributed by atoms with Crippen LogP contribution in [0.2, 0.25) is 0 Å². The van der Waals surface area contributed by atoms with Gasteiger partial charge in [-0.1, -0.05) is 152 Å². The van der Waals surface area contributed by atoms with Gasteiger partial charge in [0, 0.05) is 12.8 Å². The number of aliphatic hydroxyl groups excluding tert-OH is 7. The Bertz CT molecular complexity index is 1370. The predicted octanol–water partition coefficient (Wildman–Crippen LogP) is 7.49. The van der Waals surface area contributed by atoms with E-state index in [9.17, 15) is 45.3 Å². The fourth-order valence-corrected chi connectivity index (χ4v) is 7.92. The average Bonchev–Trinajstić information content (AvgIpc) is 3.33. The van der Waals surface area contributed by atoms with E-state index in [1.54, 1.807) is 0 Å². The molecule has 0 aromatic carbocycles. The van der Waals surface area contributed by atoms with Gasteiger partial charge in [-0.15, -0.1) is 0 Å². The summed E-state index contributed by atoms with van der Waals surface area (Å²) in [7, 11) is 0. The van der Waals surface area contributed by atoms with E-state index in [1.807, 2.05) is 6.08 Å². The second kappa shape index (κ2) is 40.1. The molecule has 2 rings (SSSR count). The zero-order valence-electron chi connectivity index (χ0n) is 41.6. The molecule has 15 heteroatoms. The lowest BCUT2D eigenvalue weighted by Gasteiger charge is -2.42. The molecule has 2 heterocycles. The summed E-state index contributed by atoms with van der Waals surface area (Å²) in [5.41, 5.74) is 0. The molecule has 394 valence electrons. The first-order chi connectivity index (χ1) is 33.0. The number of carbonyl (C=O) groups is 2. The van der Waals surface area contributed by atoms with E-state index < -0.39 is 99.3 Å². The van der Waals surface area contributed by atoms with Crippen molar-refractivity contribution in [1.29, 1.82) is 0 Å². The van der Waals surface area contributed by atoms with Gasteiger partial charge in [0.1, 0.15) is 55.4 Å². The van der Waals surface area contributed by atoms with Gasteiger partial charge in [0.2, 0.25) is 0 Å². The highest BCUT2D eigenvalue weighted by Crippen LogP contribution is 2.26. The zero-order chi connectivity index (χ0) is 49.6. The van der Waals surface area contributed by atoms with Gasteiger partial charge < -0.3 is 64.2 Å². The number of ether oxygens (including phenoxy) is 6.